The van der Waals surface area contributed by atoms with E-state index in [1.165, 1.54) is 4.41 Å². The van der Waals surface area contributed by atoms with Gasteiger partial charge in [-0.2, -0.15) is 31.5 Å². The van der Waals surface area contributed by atoms with E-state index in [4.69, 9.17) is 4.84 Å². The van der Waals surface area contributed by atoms with Crippen molar-refractivity contribution >= 4 is 11.9 Å². The topological polar surface area (TPSA) is 51.5 Å². The molecule has 0 saturated carbocycles. The summed E-state index contributed by atoms with van der Waals surface area (Å²) < 4.78 is 70.3. The molecule has 0 bridgehead atoms. The highest BCUT2D eigenvalue weighted by Gasteiger charge is 2.40. The fourth-order valence-corrected chi connectivity index (χ4v) is 2.98. The van der Waals surface area contributed by atoms with Crippen molar-refractivity contribution < 1.29 is 31.5 Å². The third kappa shape index (κ3) is 4.46. The van der Waals surface area contributed by atoms with Crippen LogP contribution in [0.5, 0.6) is 5.88 Å². The fraction of sp³-hybridized carbons (Fsp3) is 0.727. The number of aromatic nitrogens is 2. The number of halogens is 5. The first kappa shape index (κ1) is 18.2. The molecule has 0 aromatic carbocycles. The largest absolute Gasteiger partial charge is 0.435 e. The molecule has 1 aromatic heterocycles. The molecule has 1 N–H and O–H groups in total. The Morgan fingerprint density at radius 1 is 1.43 bits per heavy atom. The predicted octanol–water partition coefficient (Wildman–Crippen LogP) is 2.72. The van der Waals surface area contributed by atoms with Crippen molar-refractivity contribution in [3.63, 3.8) is 0 Å². The lowest BCUT2D eigenvalue weighted by Gasteiger charge is -2.15. The molecule has 2 heterocycles. The number of ether oxygens (including phenoxy) is 1. The van der Waals surface area contributed by atoms with E-state index < -0.39 is 35.5 Å². The molecule has 0 aliphatic carbocycles. The number of hydrogen-bond acceptors (Lipinski definition) is 6. The van der Waals surface area contributed by atoms with Gasteiger partial charge in [0.1, 0.15) is 5.60 Å². The molecule has 0 spiro atoms. The summed E-state index contributed by atoms with van der Waals surface area (Å²) in [6.45, 7) is 0.723. The normalized spacial score (nSPS) is 18.8. The molecule has 1 aliphatic heterocycles. The molecule has 1 fully saturated rings. The van der Waals surface area contributed by atoms with Crippen molar-refractivity contribution in [3.05, 3.63) is 11.3 Å². The van der Waals surface area contributed by atoms with Crippen LogP contribution in [-0.4, -0.2) is 33.0 Å². The molecule has 1 aromatic rings. The van der Waals surface area contributed by atoms with Crippen molar-refractivity contribution in [2.75, 3.05) is 6.54 Å². The van der Waals surface area contributed by atoms with Crippen LogP contribution in [0.25, 0.3) is 0 Å². The summed E-state index contributed by atoms with van der Waals surface area (Å²) in [5, 5.41) is 3.26. The van der Waals surface area contributed by atoms with Gasteiger partial charge < -0.3 is 4.74 Å². The lowest BCUT2D eigenvalue weighted by atomic mass is 10.1. The summed E-state index contributed by atoms with van der Waals surface area (Å²) in [5.74, 6) is -0.879. The zero-order valence-corrected chi connectivity index (χ0v) is 13.3. The van der Waals surface area contributed by atoms with Crippen molar-refractivity contribution in [2.24, 2.45) is 7.05 Å². The summed E-state index contributed by atoms with van der Waals surface area (Å²) in [6, 6.07) is 0. The average Bonchev–Trinajstić information content (AvgIpc) is 2.88. The second-order valence-corrected chi connectivity index (χ2v) is 6.38. The fourth-order valence-electron chi connectivity index (χ4n) is 1.94. The second kappa shape index (κ2) is 6.42. The van der Waals surface area contributed by atoms with E-state index in [2.05, 4.69) is 15.4 Å². The minimum absolute atomic E-state index is 0.267. The molecule has 12 heteroatoms. The molecular formula is C11H15F5N4O2S. The number of aryl methyl sites for hydroxylation is 1. The molecule has 0 unspecified atom stereocenters. The zero-order valence-electron chi connectivity index (χ0n) is 12.4. The van der Waals surface area contributed by atoms with Crippen LogP contribution >= 0.6 is 11.9 Å². The van der Waals surface area contributed by atoms with Crippen LogP contribution in [0.3, 0.4) is 0 Å². The van der Waals surface area contributed by atoms with Gasteiger partial charge in [-0.25, -0.2) is 4.68 Å². The lowest BCUT2D eigenvalue weighted by Crippen LogP contribution is -2.25. The van der Waals surface area contributed by atoms with Gasteiger partial charge in [-0.05, 0) is 13.8 Å². The van der Waals surface area contributed by atoms with Crippen molar-refractivity contribution in [1.82, 2.24) is 19.8 Å². The van der Waals surface area contributed by atoms with Crippen LogP contribution in [0, 0.1) is 0 Å². The van der Waals surface area contributed by atoms with Crippen LogP contribution < -0.4 is 10.3 Å². The summed E-state index contributed by atoms with van der Waals surface area (Å²) in [7, 11) is 1.11. The highest BCUT2D eigenvalue weighted by molar-refractivity contribution is 7.96. The SMILES string of the molecule is Cn1nc(C(F)(F)F)c(CSN2CC(C)(C)ON2)c1OC(F)F. The van der Waals surface area contributed by atoms with E-state index in [1.807, 2.05) is 0 Å². The van der Waals surface area contributed by atoms with Gasteiger partial charge in [0.15, 0.2) is 5.69 Å². The summed E-state index contributed by atoms with van der Waals surface area (Å²) >= 11 is 0.943. The molecule has 2 rings (SSSR count). The first-order valence-corrected chi connectivity index (χ1v) is 7.36. The Bertz CT molecular complexity index is 563. The van der Waals surface area contributed by atoms with Crippen molar-refractivity contribution in [2.45, 2.75) is 38.0 Å². The second-order valence-electron chi connectivity index (χ2n) is 5.40. The molecular weight excluding hydrogens is 347 g/mol. The molecule has 1 saturated heterocycles. The van der Waals surface area contributed by atoms with Crippen molar-refractivity contribution in [3.8, 4) is 5.88 Å². The average molecular weight is 362 g/mol. The predicted molar refractivity (Wildman–Crippen MR) is 71.1 cm³/mol. The molecule has 0 radical (unpaired) electrons. The smallest absolute Gasteiger partial charge is 0.417 e. The zero-order chi connectivity index (χ0) is 17.4. The van der Waals surface area contributed by atoms with Gasteiger partial charge in [0, 0.05) is 12.8 Å². The first-order valence-electron chi connectivity index (χ1n) is 6.41. The van der Waals surface area contributed by atoms with Crippen LogP contribution in [0.1, 0.15) is 25.1 Å². The molecule has 23 heavy (non-hydrogen) atoms. The number of nitrogens with zero attached hydrogens (tertiary/aromatic N) is 3. The Morgan fingerprint density at radius 2 is 2.09 bits per heavy atom. The van der Waals surface area contributed by atoms with Crippen LogP contribution in [0.15, 0.2) is 0 Å². The Balaban J connectivity index is 2.21. The number of hydrogen-bond donors (Lipinski definition) is 1. The minimum Gasteiger partial charge on any atom is -0.417 e. The standard InChI is InChI=1S/C11H15F5N4O2S/c1-10(2)5-20(18-22-10)23-4-6-7(11(14,15)16)17-19(3)8(6)21-9(12)13/h9,18H,4-5H2,1-3H3. The number of rotatable bonds is 5. The Hall–Kier alpha value is -1.11. The summed E-state index contributed by atoms with van der Waals surface area (Å²) in [5.41, 5.74) is 0.329. The van der Waals surface area contributed by atoms with E-state index in [-0.39, 0.29) is 5.75 Å². The van der Waals surface area contributed by atoms with Crippen LogP contribution in [-0.2, 0) is 23.8 Å². The van der Waals surface area contributed by atoms with Gasteiger partial charge >= 0.3 is 12.8 Å². The monoisotopic (exact) mass is 362 g/mol. The van der Waals surface area contributed by atoms with Gasteiger partial charge in [-0.3, -0.25) is 4.84 Å². The van der Waals surface area contributed by atoms with E-state index in [1.54, 1.807) is 13.8 Å². The quantitative estimate of drug-likeness (QED) is 0.642. The third-order valence-corrected chi connectivity index (χ3v) is 3.80. The van der Waals surface area contributed by atoms with Gasteiger partial charge in [0.2, 0.25) is 5.88 Å². The summed E-state index contributed by atoms with van der Waals surface area (Å²) in [4.78, 5) is 5.20. The Morgan fingerprint density at radius 3 is 2.57 bits per heavy atom. The Labute approximate surface area is 132 Å². The van der Waals surface area contributed by atoms with Gasteiger partial charge in [-0.15, -0.1) is 5.59 Å². The molecule has 0 atom stereocenters. The van der Waals surface area contributed by atoms with Crippen LogP contribution in [0.2, 0.25) is 0 Å². The number of hydrazine groups is 1. The number of alkyl halides is 5. The molecule has 0 amide bonds. The molecule has 6 nitrogen and oxygen atoms in total. The maximum atomic E-state index is 13.0. The van der Waals surface area contributed by atoms with Gasteiger partial charge in [-0.1, -0.05) is 11.9 Å². The van der Waals surface area contributed by atoms with Crippen molar-refractivity contribution in [1.29, 1.82) is 0 Å². The summed E-state index contributed by atoms with van der Waals surface area (Å²) in [6.07, 6.45) is -4.77. The van der Waals surface area contributed by atoms with Crippen LogP contribution in [0.4, 0.5) is 22.0 Å². The highest BCUT2D eigenvalue weighted by atomic mass is 32.2. The van der Waals surface area contributed by atoms with E-state index in [0.717, 1.165) is 19.0 Å². The van der Waals surface area contributed by atoms with E-state index >= 15 is 0 Å². The van der Waals surface area contributed by atoms with Gasteiger partial charge in [0.25, 0.3) is 0 Å². The molecule has 132 valence electrons. The first-order chi connectivity index (χ1) is 10.5. The molecule has 1 aliphatic rings. The Kier molecular flexibility index (Phi) is 5.09. The van der Waals surface area contributed by atoms with E-state index in [0.29, 0.717) is 11.2 Å². The maximum Gasteiger partial charge on any atom is 0.435 e. The highest BCUT2D eigenvalue weighted by Crippen LogP contribution is 2.38. The number of nitrogens with one attached hydrogen (secondary N) is 1. The van der Waals surface area contributed by atoms with E-state index in [9.17, 15) is 22.0 Å². The van der Waals surface area contributed by atoms with Gasteiger partial charge in [0.05, 0.1) is 12.1 Å². The minimum atomic E-state index is -4.77. The third-order valence-electron chi connectivity index (χ3n) is 2.87. The maximum absolute atomic E-state index is 13.0. The lowest BCUT2D eigenvalue weighted by molar-refractivity contribution is -0.142.